The predicted octanol–water partition coefficient (Wildman–Crippen LogP) is 2.22. The van der Waals surface area contributed by atoms with Gasteiger partial charge in [-0.05, 0) is 65.6 Å². The Hall–Kier alpha value is -1.66. The fourth-order valence-corrected chi connectivity index (χ4v) is 3.93. The minimum atomic E-state index is 0.138. The normalized spacial score (nSPS) is 16.7. The van der Waals surface area contributed by atoms with Gasteiger partial charge in [0, 0.05) is 30.0 Å². The summed E-state index contributed by atoms with van der Waals surface area (Å²) in [6.07, 6.45) is 2.45. The number of aryl methyl sites for hydroxylation is 3. The molecule has 1 aliphatic rings. The molecule has 25 heavy (non-hydrogen) atoms. The summed E-state index contributed by atoms with van der Waals surface area (Å²) in [6.45, 7) is 13.4. The first-order valence-corrected chi connectivity index (χ1v) is 9.35. The molecule has 138 valence electrons. The molecular formula is C19H31N5O. The van der Waals surface area contributed by atoms with Gasteiger partial charge in [-0.1, -0.05) is 0 Å². The average Bonchev–Trinajstić information content (AvgIpc) is 3.02. The van der Waals surface area contributed by atoms with Gasteiger partial charge < -0.3 is 5.11 Å². The van der Waals surface area contributed by atoms with E-state index < -0.39 is 0 Å². The number of aliphatic hydroxyl groups excluding tert-OH is 1. The van der Waals surface area contributed by atoms with E-state index in [2.05, 4.69) is 53.5 Å². The van der Waals surface area contributed by atoms with Crippen LogP contribution in [0.3, 0.4) is 0 Å². The SMILES string of the molecule is Cc1cc(C)n(CC2CCN(Cc3c(C)nn(CCO)c3C)CC2)n1. The van der Waals surface area contributed by atoms with Crippen LogP contribution in [-0.4, -0.2) is 49.3 Å². The van der Waals surface area contributed by atoms with Crippen LogP contribution in [0.4, 0.5) is 0 Å². The topological polar surface area (TPSA) is 59.1 Å². The second-order valence-corrected chi connectivity index (χ2v) is 7.42. The number of hydrogen-bond acceptors (Lipinski definition) is 4. The van der Waals surface area contributed by atoms with E-state index in [-0.39, 0.29) is 6.61 Å². The maximum Gasteiger partial charge on any atom is 0.0644 e. The molecule has 3 rings (SSSR count). The van der Waals surface area contributed by atoms with Crippen molar-refractivity contribution in [3.63, 3.8) is 0 Å². The van der Waals surface area contributed by atoms with E-state index in [1.807, 2.05) is 4.68 Å². The van der Waals surface area contributed by atoms with Crippen LogP contribution in [0.25, 0.3) is 0 Å². The summed E-state index contributed by atoms with van der Waals surface area (Å²) in [7, 11) is 0. The third kappa shape index (κ3) is 4.12. The molecule has 1 N–H and O–H groups in total. The molecule has 0 amide bonds. The van der Waals surface area contributed by atoms with Crippen molar-refractivity contribution in [3.8, 4) is 0 Å². The molecule has 2 aromatic rings. The molecule has 0 bridgehead atoms. The molecule has 3 heterocycles. The lowest BCUT2D eigenvalue weighted by Gasteiger charge is -2.32. The van der Waals surface area contributed by atoms with Crippen molar-refractivity contribution in [3.05, 3.63) is 34.4 Å². The fourth-order valence-electron chi connectivity index (χ4n) is 3.93. The number of aromatic nitrogens is 4. The first-order valence-electron chi connectivity index (χ1n) is 9.35. The second-order valence-electron chi connectivity index (χ2n) is 7.42. The highest BCUT2D eigenvalue weighted by molar-refractivity contribution is 5.24. The van der Waals surface area contributed by atoms with Crippen molar-refractivity contribution in [2.45, 2.75) is 60.2 Å². The van der Waals surface area contributed by atoms with E-state index in [9.17, 15) is 0 Å². The standard InChI is InChI=1S/C19H31N5O/c1-14-11-15(2)24(20-14)12-18-5-7-22(8-6-18)13-19-16(3)21-23(9-10-25)17(19)4/h11,18,25H,5-10,12-13H2,1-4H3. The molecule has 0 radical (unpaired) electrons. The van der Waals surface area contributed by atoms with Crippen LogP contribution in [0, 0.1) is 33.6 Å². The highest BCUT2D eigenvalue weighted by Gasteiger charge is 2.22. The lowest BCUT2D eigenvalue weighted by molar-refractivity contribution is 0.163. The van der Waals surface area contributed by atoms with Crippen LogP contribution in [0.15, 0.2) is 6.07 Å². The maximum absolute atomic E-state index is 9.16. The molecule has 6 heteroatoms. The van der Waals surface area contributed by atoms with Crippen LogP contribution >= 0.6 is 0 Å². The van der Waals surface area contributed by atoms with Crippen LogP contribution in [0.1, 0.15) is 41.2 Å². The lowest BCUT2D eigenvalue weighted by atomic mass is 9.96. The molecule has 1 fully saturated rings. The molecule has 6 nitrogen and oxygen atoms in total. The summed E-state index contributed by atoms with van der Waals surface area (Å²) < 4.78 is 4.10. The molecule has 0 aliphatic carbocycles. The zero-order valence-electron chi connectivity index (χ0n) is 16.0. The average molecular weight is 345 g/mol. The van der Waals surface area contributed by atoms with Gasteiger partial charge in [-0.2, -0.15) is 10.2 Å². The molecule has 0 spiro atoms. The zero-order chi connectivity index (χ0) is 18.0. The Morgan fingerprint density at radius 1 is 1.08 bits per heavy atom. The van der Waals surface area contributed by atoms with Gasteiger partial charge in [-0.3, -0.25) is 14.3 Å². The number of likely N-dealkylation sites (tertiary alicyclic amines) is 1. The van der Waals surface area contributed by atoms with Crippen molar-refractivity contribution in [2.24, 2.45) is 5.92 Å². The highest BCUT2D eigenvalue weighted by Crippen LogP contribution is 2.23. The highest BCUT2D eigenvalue weighted by atomic mass is 16.3. The van der Waals surface area contributed by atoms with Crippen molar-refractivity contribution < 1.29 is 5.11 Å². The number of aliphatic hydroxyl groups is 1. The van der Waals surface area contributed by atoms with Gasteiger partial charge in [-0.25, -0.2) is 0 Å². The van der Waals surface area contributed by atoms with E-state index >= 15 is 0 Å². The number of nitrogens with zero attached hydrogens (tertiary/aromatic N) is 5. The van der Waals surface area contributed by atoms with Crippen LogP contribution in [-0.2, 0) is 19.6 Å². The largest absolute Gasteiger partial charge is 0.394 e. The lowest BCUT2D eigenvalue weighted by Crippen LogP contribution is -2.35. The van der Waals surface area contributed by atoms with Gasteiger partial charge >= 0.3 is 0 Å². The van der Waals surface area contributed by atoms with Crippen LogP contribution in [0.5, 0.6) is 0 Å². The fraction of sp³-hybridized carbons (Fsp3) is 0.684. The van der Waals surface area contributed by atoms with E-state index in [4.69, 9.17) is 5.11 Å². The van der Waals surface area contributed by atoms with E-state index in [0.29, 0.717) is 12.5 Å². The Bertz CT molecular complexity index is 710. The summed E-state index contributed by atoms with van der Waals surface area (Å²) in [5.74, 6) is 0.716. The first kappa shape index (κ1) is 18.1. The minimum Gasteiger partial charge on any atom is -0.394 e. The Morgan fingerprint density at radius 3 is 2.40 bits per heavy atom. The number of piperidine rings is 1. The molecule has 0 unspecified atom stereocenters. The van der Waals surface area contributed by atoms with E-state index in [1.54, 1.807) is 0 Å². The second kappa shape index (κ2) is 7.70. The maximum atomic E-state index is 9.16. The van der Waals surface area contributed by atoms with Gasteiger partial charge in [0.15, 0.2) is 0 Å². The summed E-state index contributed by atoms with van der Waals surface area (Å²) >= 11 is 0. The molecule has 0 atom stereocenters. The van der Waals surface area contributed by atoms with Crippen molar-refractivity contribution >= 4 is 0 Å². The molecule has 0 saturated carbocycles. The third-order valence-electron chi connectivity index (χ3n) is 5.47. The quantitative estimate of drug-likeness (QED) is 0.872. The Kier molecular flexibility index (Phi) is 5.59. The molecule has 1 aliphatic heterocycles. The van der Waals surface area contributed by atoms with E-state index in [0.717, 1.165) is 37.6 Å². The zero-order valence-corrected chi connectivity index (χ0v) is 16.0. The van der Waals surface area contributed by atoms with Crippen LogP contribution in [0.2, 0.25) is 0 Å². The van der Waals surface area contributed by atoms with E-state index in [1.165, 1.54) is 29.8 Å². The molecule has 1 saturated heterocycles. The van der Waals surface area contributed by atoms with Crippen LogP contribution < -0.4 is 0 Å². The van der Waals surface area contributed by atoms with Gasteiger partial charge in [0.2, 0.25) is 0 Å². The summed E-state index contributed by atoms with van der Waals surface area (Å²) in [5.41, 5.74) is 5.99. The summed E-state index contributed by atoms with van der Waals surface area (Å²) in [6, 6.07) is 2.16. The Labute approximate surface area is 150 Å². The smallest absolute Gasteiger partial charge is 0.0644 e. The minimum absolute atomic E-state index is 0.138. The Balaban J connectivity index is 1.55. The molecule has 2 aromatic heterocycles. The molecular weight excluding hydrogens is 314 g/mol. The van der Waals surface area contributed by atoms with Gasteiger partial charge in [0.25, 0.3) is 0 Å². The van der Waals surface area contributed by atoms with Gasteiger partial charge in [-0.15, -0.1) is 0 Å². The number of hydrogen-bond donors (Lipinski definition) is 1. The van der Waals surface area contributed by atoms with Crippen molar-refractivity contribution in [2.75, 3.05) is 19.7 Å². The predicted molar refractivity (Wildman–Crippen MR) is 98.5 cm³/mol. The van der Waals surface area contributed by atoms with Crippen molar-refractivity contribution in [1.29, 1.82) is 0 Å². The first-order chi connectivity index (χ1) is 12.0. The van der Waals surface area contributed by atoms with Gasteiger partial charge in [0.05, 0.1) is 24.5 Å². The van der Waals surface area contributed by atoms with Crippen molar-refractivity contribution in [1.82, 2.24) is 24.5 Å². The molecule has 0 aromatic carbocycles. The Morgan fingerprint density at radius 2 is 1.80 bits per heavy atom. The number of rotatable bonds is 6. The summed E-state index contributed by atoms with van der Waals surface area (Å²) in [4.78, 5) is 2.54. The third-order valence-corrected chi connectivity index (χ3v) is 5.47. The summed E-state index contributed by atoms with van der Waals surface area (Å²) in [5, 5.41) is 18.3. The monoisotopic (exact) mass is 345 g/mol. The van der Waals surface area contributed by atoms with Gasteiger partial charge in [0.1, 0.15) is 0 Å².